The number of halogens is 3. The Bertz CT molecular complexity index is 874. The SMILES string of the molecule is C[C@H]1c2ccsc2CCN1CC(=O)N1CCN(c2cccc(C(F)(F)F)c2)CC1. The number of nitrogens with zero attached hydrogens (tertiary/aromatic N) is 3. The van der Waals surface area contributed by atoms with Crippen LogP contribution < -0.4 is 4.90 Å². The molecule has 1 aromatic heterocycles. The second-order valence-electron chi connectivity index (χ2n) is 7.61. The molecule has 1 fully saturated rings. The fraction of sp³-hybridized carbons (Fsp3) is 0.476. The molecule has 2 aliphatic rings. The van der Waals surface area contributed by atoms with Crippen LogP contribution in [0.15, 0.2) is 35.7 Å². The summed E-state index contributed by atoms with van der Waals surface area (Å²) in [5, 5.41) is 2.11. The van der Waals surface area contributed by atoms with Gasteiger partial charge in [0.05, 0.1) is 12.1 Å². The fourth-order valence-corrected chi connectivity index (χ4v) is 5.11. The molecule has 1 saturated heterocycles. The van der Waals surface area contributed by atoms with Gasteiger partial charge in [0.1, 0.15) is 0 Å². The minimum Gasteiger partial charge on any atom is -0.368 e. The van der Waals surface area contributed by atoms with Crippen molar-refractivity contribution in [3.8, 4) is 0 Å². The number of thiophene rings is 1. The van der Waals surface area contributed by atoms with Gasteiger partial charge in [-0.25, -0.2) is 0 Å². The van der Waals surface area contributed by atoms with E-state index in [0.29, 0.717) is 38.4 Å². The molecule has 0 N–H and O–H groups in total. The van der Waals surface area contributed by atoms with Crippen molar-refractivity contribution in [2.45, 2.75) is 25.6 Å². The zero-order valence-corrected chi connectivity index (χ0v) is 17.1. The van der Waals surface area contributed by atoms with Crippen LogP contribution in [0.2, 0.25) is 0 Å². The van der Waals surface area contributed by atoms with E-state index in [1.54, 1.807) is 17.4 Å². The molecule has 2 aliphatic heterocycles. The van der Waals surface area contributed by atoms with Crippen LogP contribution in [0.5, 0.6) is 0 Å². The van der Waals surface area contributed by atoms with E-state index in [1.807, 2.05) is 9.80 Å². The largest absolute Gasteiger partial charge is 0.416 e. The molecule has 4 rings (SSSR count). The second-order valence-corrected chi connectivity index (χ2v) is 8.61. The van der Waals surface area contributed by atoms with E-state index in [4.69, 9.17) is 0 Å². The van der Waals surface area contributed by atoms with Gasteiger partial charge in [-0.15, -0.1) is 11.3 Å². The highest BCUT2D eigenvalue weighted by atomic mass is 32.1. The molecule has 2 aromatic rings. The van der Waals surface area contributed by atoms with E-state index >= 15 is 0 Å². The molecule has 1 aromatic carbocycles. The van der Waals surface area contributed by atoms with Crippen molar-refractivity contribution in [2.24, 2.45) is 0 Å². The van der Waals surface area contributed by atoms with Gasteiger partial charge >= 0.3 is 6.18 Å². The number of alkyl halides is 3. The molecule has 0 unspecified atom stereocenters. The Morgan fingerprint density at radius 2 is 1.90 bits per heavy atom. The highest BCUT2D eigenvalue weighted by Gasteiger charge is 2.32. The predicted octanol–water partition coefficient (Wildman–Crippen LogP) is 4.03. The van der Waals surface area contributed by atoms with Crippen LogP contribution in [0.25, 0.3) is 0 Å². The van der Waals surface area contributed by atoms with Gasteiger partial charge in [0.2, 0.25) is 5.91 Å². The number of carbonyl (C=O) groups excluding carboxylic acids is 1. The maximum absolute atomic E-state index is 13.0. The molecular formula is C21H24F3N3OS. The molecule has 4 nitrogen and oxygen atoms in total. The number of piperazine rings is 1. The summed E-state index contributed by atoms with van der Waals surface area (Å²) in [6, 6.07) is 7.79. The first-order chi connectivity index (χ1) is 13.8. The highest BCUT2D eigenvalue weighted by Crippen LogP contribution is 2.33. The Morgan fingerprint density at radius 1 is 1.14 bits per heavy atom. The van der Waals surface area contributed by atoms with Crippen LogP contribution in [0.4, 0.5) is 18.9 Å². The lowest BCUT2D eigenvalue weighted by molar-refractivity contribution is -0.137. The number of rotatable bonds is 3. The lowest BCUT2D eigenvalue weighted by atomic mass is 10.0. The van der Waals surface area contributed by atoms with E-state index in [-0.39, 0.29) is 11.9 Å². The van der Waals surface area contributed by atoms with Crippen LogP contribution in [0.3, 0.4) is 0 Å². The first-order valence-electron chi connectivity index (χ1n) is 9.83. The number of hydrogen-bond donors (Lipinski definition) is 0. The molecule has 1 atom stereocenters. The summed E-state index contributed by atoms with van der Waals surface area (Å²) in [7, 11) is 0. The molecule has 8 heteroatoms. The normalized spacial score (nSPS) is 20.6. The van der Waals surface area contributed by atoms with Crippen molar-refractivity contribution >= 4 is 22.9 Å². The molecule has 1 amide bonds. The van der Waals surface area contributed by atoms with Crippen LogP contribution in [-0.4, -0.2) is 55.0 Å². The monoisotopic (exact) mass is 423 g/mol. The zero-order chi connectivity index (χ0) is 20.6. The third-order valence-electron chi connectivity index (χ3n) is 5.91. The molecule has 3 heterocycles. The third-order valence-corrected chi connectivity index (χ3v) is 6.91. The van der Waals surface area contributed by atoms with Crippen LogP contribution >= 0.6 is 11.3 Å². The average Bonchev–Trinajstić information content (AvgIpc) is 3.19. The summed E-state index contributed by atoms with van der Waals surface area (Å²) in [6.45, 7) is 5.55. The third kappa shape index (κ3) is 4.28. The van der Waals surface area contributed by atoms with Gasteiger partial charge in [-0.2, -0.15) is 13.2 Å². The number of carbonyl (C=O) groups is 1. The van der Waals surface area contributed by atoms with Crippen molar-refractivity contribution in [3.05, 3.63) is 51.7 Å². The Hall–Kier alpha value is -2.06. The standard InChI is InChI=1S/C21H24F3N3OS/c1-15-18-6-12-29-19(18)5-7-27(15)14-20(28)26-10-8-25(9-11-26)17-4-2-3-16(13-17)21(22,23)24/h2-4,6,12-13,15H,5,7-11,14H2,1H3/t15-/m0/s1. The van der Waals surface area contributed by atoms with Gasteiger partial charge in [-0.3, -0.25) is 9.69 Å². The van der Waals surface area contributed by atoms with Crippen LogP contribution in [0.1, 0.15) is 29.0 Å². The summed E-state index contributed by atoms with van der Waals surface area (Å²) in [5.41, 5.74) is 1.24. The van der Waals surface area contributed by atoms with E-state index in [9.17, 15) is 18.0 Å². The smallest absolute Gasteiger partial charge is 0.368 e. The molecule has 29 heavy (non-hydrogen) atoms. The van der Waals surface area contributed by atoms with E-state index in [2.05, 4.69) is 23.3 Å². The first kappa shape index (κ1) is 20.2. The first-order valence-corrected chi connectivity index (χ1v) is 10.7. The fourth-order valence-electron chi connectivity index (χ4n) is 4.14. The molecule has 0 saturated carbocycles. The highest BCUT2D eigenvalue weighted by molar-refractivity contribution is 7.10. The van der Waals surface area contributed by atoms with Crippen molar-refractivity contribution in [3.63, 3.8) is 0 Å². The van der Waals surface area contributed by atoms with E-state index < -0.39 is 11.7 Å². The lowest BCUT2D eigenvalue weighted by Crippen LogP contribution is -2.52. The number of hydrogen-bond acceptors (Lipinski definition) is 4. The Labute approximate surface area is 172 Å². The quantitative estimate of drug-likeness (QED) is 0.746. The lowest BCUT2D eigenvalue weighted by Gasteiger charge is -2.39. The van der Waals surface area contributed by atoms with Gasteiger partial charge in [0.25, 0.3) is 0 Å². The van der Waals surface area contributed by atoms with Gasteiger partial charge in [-0.1, -0.05) is 6.07 Å². The predicted molar refractivity (Wildman–Crippen MR) is 108 cm³/mol. The van der Waals surface area contributed by atoms with E-state index in [1.165, 1.54) is 22.6 Å². The molecular weight excluding hydrogens is 399 g/mol. The summed E-state index contributed by atoms with van der Waals surface area (Å²) in [4.78, 5) is 20.2. The number of benzene rings is 1. The average molecular weight is 424 g/mol. The van der Waals surface area contributed by atoms with Gasteiger partial charge in [0, 0.05) is 49.3 Å². The Kier molecular flexibility index (Phi) is 5.57. The summed E-state index contributed by atoms with van der Waals surface area (Å²) >= 11 is 1.78. The van der Waals surface area contributed by atoms with Gasteiger partial charge in [0.15, 0.2) is 0 Å². The Morgan fingerprint density at radius 3 is 2.62 bits per heavy atom. The molecule has 0 radical (unpaired) electrons. The summed E-state index contributed by atoms with van der Waals surface area (Å²) in [6.07, 6.45) is -3.37. The molecule has 0 aliphatic carbocycles. The van der Waals surface area contributed by atoms with Crippen molar-refractivity contribution < 1.29 is 18.0 Å². The number of anilines is 1. The number of fused-ring (bicyclic) bond motifs is 1. The van der Waals surface area contributed by atoms with Crippen molar-refractivity contribution in [2.75, 3.05) is 44.2 Å². The van der Waals surface area contributed by atoms with Gasteiger partial charge in [-0.05, 0) is 48.6 Å². The van der Waals surface area contributed by atoms with Gasteiger partial charge < -0.3 is 9.80 Å². The maximum Gasteiger partial charge on any atom is 0.416 e. The Balaban J connectivity index is 1.34. The molecule has 156 valence electrons. The number of amides is 1. The van der Waals surface area contributed by atoms with Crippen LogP contribution in [0, 0.1) is 0 Å². The summed E-state index contributed by atoms with van der Waals surface area (Å²) in [5.74, 6) is 0.0965. The topological polar surface area (TPSA) is 26.8 Å². The maximum atomic E-state index is 13.0. The van der Waals surface area contributed by atoms with E-state index in [0.717, 1.165) is 19.0 Å². The summed E-state index contributed by atoms with van der Waals surface area (Å²) < 4.78 is 38.9. The van der Waals surface area contributed by atoms with Crippen LogP contribution in [-0.2, 0) is 17.4 Å². The molecule has 0 spiro atoms. The molecule has 0 bridgehead atoms. The zero-order valence-electron chi connectivity index (χ0n) is 16.3. The van der Waals surface area contributed by atoms with Crippen molar-refractivity contribution in [1.82, 2.24) is 9.80 Å². The second kappa shape index (κ2) is 7.99. The minimum atomic E-state index is -4.35. The minimum absolute atomic E-state index is 0.0965. The van der Waals surface area contributed by atoms with Crippen molar-refractivity contribution in [1.29, 1.82) is 0 Å².